The van der Waals surface area contributed by atoms with Gasteiger partial charge in [0.25, 0.3) is 0 Å². The smallest absolute Gasteiger partial charge is 0.334 e. The molecule has 2 saturated heterocycles. The van der Waals surface area contributed by atoms with Crippen LogP contribution in [0.1, 0.15) is 16.8 Å². The number of phenols is 1. The number of nitrogens with zero attached hydrogens (tertiary/aromatic N) is 5. The number of hydrazine groups is 1. The average Bonchev–Trinajstić information content (AvgIpc) is 2.96. The summed E-state index contributed by atoms with van der Waals surface area (Å²) in [5, 5.41) is 16.0. The van der Waals surface area contributed by atoms with Crippen molar-refractivity contribution < 1.29 is 19.5 Å². The average molecular weight is 620 g/mol. The molecule has 2 N–H and O–H groups in total. The number of carbonyl (C=O) groups excluding carboxylic acids is 3. The molecule has 0 radical (unpaired) electrons. The number of hydrogen-bond donors (Lipinski definition) is 2. The summed E-state index contributed by atoms with van der Waals surface area (Å²) in [4.78, 5) is 49.1. The predicted molar refractivity (Wildman–Crippen MR) is 156 cm³/mol. The Hall–Kier alpha value is -4.22. The van der Waals surface area contributed by atoms with Gasteiger partial charge >= 0.3 is 6.03 Å². The van der Waals surface area contributed by atoms with Crippen molar-refractivity contribution in [2.75, 3.05) is 19.6 Å². The first-order valence-electron chi connectivity index (χ1n) is 13.3. The third-order valence-corrected chi connectivity index (χ3v) is 7.60. The Kier molecular flexibility index (Phi) is 8.65. The molecule has 11 heteroatoms. The number of nitrogens with one attached hydrogen (secondary N) is 1. The number of fused-ring (bicyclic) bond motifs is 1. The van der Waals surface area contributed by atoms with Gasteiger partial charge in [-0.2, -0.15) is 0 Å². The van der Waals surface area contributed by atoms with Gasteiger partial charge in [-0.15, -0.1) is 6.58 Å². The number of amides is 4. The number of phenolic OH excluding ortho intramolecular Hbond substituents is 1. The van der Waals surface area contributed by atoms with E-state index in [-0.39, 0.29) is 56.2 Å². The number of pyridine rings is 1. The van der Waals surface area contributed by atoms with Gasteiger partial charge < -0.3 is 20.2 Å². The molecule has 2 aromatic carbocycles. The molecule has 10 nitrogen and oxygen atoms in total. The fourth-order valence-electron chi connectivity index (χ4n) is 5.29. The van der Waals surface area contributed by atoms with Crippen LogP contribution in [-0.4, -0.2) is 79.6 Å². The predicted octanol–water partition coefficient (Wildman–Crippen LogP) is 3.29. The van der Waals surface area contributed by atoms with Crippen LogP contribution < -0.4 is 5.32 Å². The van der Waals surface area contributed by atoms with Crippen LogP contribution in [0.15, 0.2) is 90.1 Å². The quantitative estimate of drug-likeness (QED) is 0.296. The van der Waals surface area contributed by atoms with Crippen molar-refractivity contribution in [3.8, 4) is 5.75 Å². The molecule has 3 heterocycles. The molecule has 212 valence electrons. The molecule has 2 aliphatic rings. The summed E-state index contributed by atoms with van der Waals surface area (Å²) in [6.07, 6.45) is 1.12. The summed E-state index contributed by atoms with van der Waals surface area (Å²) >= 11 is 3.39. The van der Waals surface area contributed by atoms with Crippen molar-refractivity contribution in [2.45, 2.75) is 31.7 Å². The zero-order valence-electron chi connectivity index (χ0n) is 22.4. The molecule has 2 fully saturated rings. The lowest BCUT2D eigenvalue weighted by molar-refractivity contribution is -0.189. The number of aromatic hydroxyl groups is 1. The zero-order valence-corrected chi connectivity index (χ0v) is 24.0. The summed E-state index contributed by atoms with van der Waals surface area (Å²) < 4.78 is 0.647. The van der Waals surface area contributed by atoms with E-state index >= 15 is 0 Å². The molecule has 0 saturated carbocycles. The Bertz CT molecular complexity index is 1420. The number of benzene rings is 2. The topological polar surface area (TPSA) is 109 Å². The van der Waals surface area contributed by atoms with Gasteiger partial charge in [0.2, 0.25) is 11.8 Å². The van der Waals surface area contributed by atoms with E-state index in [2.05, 4.69) is 32.8 Å². The van der Waals surface area contributed by atoms with E-state index in [0.717, 1.165) is 11.1 Å². The zero-order chi connectivity index (χ0) is 28.9. The molecule has 4 amide bonds. The second-order valence-corrected chi connectivity index (χ2v) is 10.8. The van der Waals surface area contributed by atoms with Crippen LogP contribution in [0.4, 0.5) is 4.79 Å². The minimum absolute atomic E-state index is 0.0756. The lowest BCUT2D eigenvalue weighted by Crippen LogP contribution is -2.76. The van der Waals surface area contributed by atoms with Gasteiger partial charge in [-0.3, -0.25) is 9.59 Å². The largest absolute Gasteiger partial charge is 0.508 e. The summed E-state index contributed by atoms with van der Waals surface area (Å²) in [7, 11) is 0. The summed E-state index contributed by atoms with van der Waals surface area (Å²) in [6, 6.07) is 20.4. The maximum Gasteiger partial charge on any atom is 0.334 e. The van der Waals surface area contributed by atoms with Crippen LogP contribution in [-0.2, 0) is 29.1 Å². The maximum atomic E-state index is 14.0. The second-order valence-electron chi connectivity index (χ2n) is 9.96. The fourth-order valence-corrected chi connectivity index (χ4v) is 5.67. The van der Waals surface area contributed by atoms with Gasteiger partial charge in [0.05, 0.1) is 25.3 Å². The maximum absolute atomic E-state index is 14.0. The molecule has 1 aromatic heterocycles. The Labute approximate surface area is 247 Å². The Balaban J connectivity index is 1.49. The van der Waals surface area contributed by atoms with E-state index < -0.39 is 12.2 Å². The number of piperazine rings is 1. The molecule has 0 aliphatic carbocycles. The molecule has 0 spiro atoms. The van der Waals surface area contributed by atoms with Crippen molar-refractivity contribution in [1.29, 1.82) is 0 Å². The Morgan fingerprint density at radius 2 is 1.80 bits per heavy atom. The molecule has 41 heavy (non-hydrogen) atoms. The number of carbonyl (C=O) groups is 3. The third-order valence-electron chi connectivity index (χ3n) is 7.16. The van der Waals surface area contributed by atoms with E-state index in [1.54, 1.807) is 50.2 Å². The first-order chi connectivity index (χ1) is 19.8. The van der Waals surface area contributed by atoms with E-state index in [1.807, 2.05) is 48.5 Å². The highest BCUT2D eigenvalue weighted by molar-refractivity contribution is 9.10. The van der Waals surface area contributed by atoms with E-state index in [9.17, 15) is 19.5 Å². The van der Waals surface area contributed by atoms with Gasteiger partial charge in [0.15, 0.2) is 0 Å². The number of urea groups is 1. The van der Waals surface area contributed by atoms with Gasteiger partial charge in [-0.05, 0) is 51.3 Å². The number of rotatable bonds is 8. The highest BCUT2D eigenvalue weighted by atomic mass is 79.9. The van der Waals surface area contributed by atoms with Crippen LogP contribution >= 0.6 is 15.9 Å². The van der Waals surface area contributed by atoms with Crippen LogP contribution in [0.25, 0.3) is 0 Å². The van der Waals surface area contributed by atoms with E-state index in [0.29, 0.717) is 16.8 Å². The van der Waals surface area contributed by atoms with Crippen LogP contribution in [0, 0.1) is 0 Å². The highest BCUT2D eigenvalue weighted by Gasteiger charge is 2.51. The molecular weight excluding hydrogens is 588 g/mol. The van der Waals surface area contributed by atoms with Crippen LogP contribution in [0.5, 0.6) is 5.75 Å². The van der Waals surface area contributed by atoms with Gasteiger partial charge in [-0.25, -0.2) is 19.8 Å². The molecular formula is C30H31BrN6O4. The molecule has 2 aliphatic heterocycles. The number of hydrogen-bond acceptors (Lipinski definition) is 6. The Morgan fingerprint density at radius 3 is 2.51 bits per heavy atom. The minimum atomic E-state index is -0.853. The molecule has 2 unspecified atom stereocenters. The SMILES string of the molecule is C=CCN1CC(=O)N2C(Cc3ccc(O)cc3)C(=O)N(Cc3cccc(Br)n3)CC2N1C(=O)NCc1ccccc1. The fraction of sp³-hybridized carbons (Fsp3) is 0.267. The number of halogens is 1. The standard InChI is InChI=1S/C30H31BrN6O4/c1-2-15-35-20-28(39)36-25(16-21-11-13-24(38)14-12-21)29(40)34(18-23-9-6-10-26(31)33-23)19-27(36)37(35)30(41)32-17-22-7-4-3-5-8-22/h2-14,25,27,38H,1,15-20H2,(H,32,41). The van der Waals surface area contributed by atoms with Crippen molar-refractivity contribution in [2.24, 2.45) is 0 Å². The molecule has 5 rings (SSSR count). The first kappa shape index (κ1) is 28.3. The summed E-state index contributed by atoms with van der Waals surface area (Å²) in [5.41, 5.74) is 2.39. The van der Waals surface area contributed by atoms with Crippen molar-refractivity contribution in [3.05, 3.63) is 107 Å². The van der Waals surface area contributed by atoms with E-state index in [4.69, 9.17) is 0 Å². The van der Waals surface area contributed by atoms with Crippen molar-refractivity contribution in [3.63, 3.8) is 0 Å². The van der Waals surface area contributed by atoms with Crippen LogP contribution in [0.3, 0.4) is 0 Å². The molecule has 3 aromatic rings. The minimum Gasteiger partial charge on any atom is -0.508 e. The van der Waals surface area contributed by atoms with E-state index in [1.165, 1.54) is 0 Å². The Morgan fingerprint density at radius 1 is 1.05 bits per heavy atom. The van der Waals surface area contributed by atoms with Crippen LogP contribution in [0.2, 0.25) is 0 Å². The summed E-state index contributed by atoms with van der Waals surface area (Å²) in [5.74, 6) is -0.369. The lowest BCUT2D eigenvalue weighted by Gasteiger charge is -2.55. The molecule has 2 atom stereocenters. The number of aromatic nitrogens is 1. The third kappa shape index (κ3) is 6.41. The monoisotopic (exact) mass is 618 g/mol. The first-order valence-corrected chi connectivity index (χ1v) is 14.1. The lowest BCUT2D eigenvalue weighted by atomic mass is 9.98. The van der Waals surface area contributed by atoms with Gasteiger partial charge in [-0.1, -0.05) is 54.6 Å². The summed E-state index contributed by atoms with van der Waals surface area (Å²) in [6.45, 7) is 4.64. The van der Waals surface area contributed by atoms with Crippen molar-refractivity contribution >= 4 is 33.8 Å². The molecule has 0 bridgehead atoms. The normalized spacial score (nSPS) is 19.2. The second kappa shape index (κ2) is 12.5. The van der Waals surface area contributed by atoms with Crippen molar-refractivity contribution in [1.82, 2.24) is 30.1 Å². The van der Waals surface area contributed by atoms with Gasteiger partial charge in [0, 0.05) is 19.5 Å². The highest BCUT2D eigenvalue weighted by Crippen LogP contribution is 2.29. The van der Waals surface area contributed by atoms with Gasteiger partial charge in [0.1, 0.15) is 22.6 Å².